The lowest BCUT2D eigenvalue weighted by molar-refractivity contribution is -0.127. The number of hydrogen-bond acceptors (Lipinski definition) is 6. The third kappa shape index (κ3) is 5.03. The number of phenols is 1. The van der Waals surface area contributed by atoms with Gasteiger partial charge in [0, 0.05) is 5.69 Å². The van der Waals surface area contributed by atoms with Crippen LogP contribution in [0.4, 0.5) is 10.5 Å². The lowest BCUT2D eigenvalue weighted by Crippen LogP contribution is -2.36. The highest BCUT2D eigenvalue weighted by Crippen LogP contribution is 2.38. The molecule has 3 amide bonds. The lowest BCUT2D eigenvalue weighted by Gasteiger charge is -2.12. The summed E-state index contributed by atoms with van der Waals surface area (Å²) in [6, 6.07) is 10.4. The first kappa shape index (κ1) is 21.9. The zero-order valence-corrected chi connectivity index (χ0v) is 18.7. The van der Waals surface area contributed by atoms with Crippen LogP contribution in [0.15, 0.2) is 45.8 Å². The monoisotopic (exact) mass is 490 g/mol. The Bertz CT molecular complexity index is 1050. The van der Waals surface area contributed by atoms with E-state index in [4.69, 9.17) is 4.74 Å². The van der Waals surface area contributed by atoms with Gasteiger partial charge in [0.05, 0.1) is 16.0 Å². The number of rotatable bonds is 6. The molecule has 0 radical (unpaired) electrons. The number of aromatic hydroxyl groups is 1. The smallest absolute Gasteiger partial charge is 0.294 e. The molecule has 0 bridgehead atoms. The molecule has 2 aromatic carbocycles. The minimum Gasteiger partial charge on any atom is -0.503 e. The Morgan fingerprint density at radius 3 is 2.77 bits per heavy atom. The highest BCUT2D eigenvalue weighted by molar-refractivity contribution is 9.10. The number of carbonyl (C=O) groups excluding carboxylic acids is 3. The van der Waals surface area contributed by atoms with Crippen LogP contribution in [-0.4, -0.2) is 40.2 Å². The zero-order chi connectivity index (χ0) is 21.8. The number of carbonyl (C=O) groups is 3. The molecule has 0 saturated carbocycles. The van der Waals surface area contributed by atoms with Crippen molar-refractivity contribution in [3.05, 3.63) is 56.9 Å². The number of thioether (sulfide) groups is 1. The van der Waals surface area contributed by atoms with E-state index >= 15 is 0 Å². The van der Waals surface area contributed by atoms with Gasteiger partial charge in [-0.15, -0.1) is 0 Å². The molecule has 7 nitrogen and oxygen atoms in total. The summed E-state index contributed by atoms with van der Waals surface area (Å²) in [4.78, 5) is 38.3. The van der Waals surface area contributed by atoms with Crippen molar-refractivity contribution < 1.29 is 24.2 Å². The third-order valence-electron chi connectivity index (χ3n) is 4.13. The first-order chi connectivity index (χ1) is 14.3. The van der Waals surface area contributed by atoms with E-state index in [1.807, 2.05) is 13.0 Å². The van der Waals surface area contributed by atoms with Crippen LogP contribution in [0, 0.1) is 6.92 Å². The second-order valence-corrected chi connectivity index (χ2v) is 8.32. The van der Waals surface area contributed by atoms with Gasteiger partial charge >= 0.3 is 0 Å². The van der Waals surface area contributed by atoms with E-state index in [9.17, 15) is 19.5 Å². The van der Waals surface area contributed by atoms with Gasteiger partial charge in [-0.3, -0.25) is 19.3 Å². The summed E-state index contributed by atoms with van der Waals surface area (Å²) in [7, 11) is 0. The fourth-order valence-electron chi connectivity index (χ4n) is 2.80. The molecular formula is C21H19BrN2O5S. The summed E-state index contributed by atoms with van der Waals surface area (Å²) in [6.07, 6.45) is 1.52. The number of imide groups is 1. The number of phenolic OH excluding ortho intramolecular Hbond substituents is 1. The number of amides is 3. The summed E-state index contributed by atoms with van der Waals surface area (Å²) in [5.74, 6) is -0.800. The molecule has 1 heterocycles. The molecule has 1 saturated heterocycles. The maximum atomic E-state index is 12.7. The predicted molar refractivity (Wildman–Crippen MR) is 119 cm³/mol. The number of hydrogen-bond donors (Lipinski definition) is 2. The molecule has 1 aliphatic heterocycles. The van der Waals surface area contributed by atoms with E-state index in [1.54, 1.807) is 37.3 Å². The van der Waals surface area contributed by atoms with Gasteiger partial charge in [-0.1, -0.05) is 12.1 Å². The molecule has 0 aliphatic carbocycles. The SMILES string of the molecule is CCOc1cc(/C=C2/SC(=O)N(CC(=O)Nc3cccc(C)c3)C2=O)cc(Br)c1O. The van der Waals surface area contributed by atoms with Gasteiger partial charge in [-0.05, 0) is 83.0 Å². The van der Waals surface area contributed by atoms with Crippen LogP contribution in [-0.2, 0) is 9.59 Å². The van der Waals surface area contributed by atoms with Crippen molar-refractivity contribution in [3.8, 4) is 11.5 Å². The molecule has 2 aromatic rings. The largest absolute Gasteiger partial charge is 0.503 e. The topological polar surface area (TPSA) is 95.9 Å². The van der Waals surface area contributed by atoms with Crippen molar-refractivity contribution >= 4 is 56.5 Å². The van der Waals surface area contributed by atoms with Crippen LogP contribution in [0.2, 0.25) is 0 Å². The number of halogens is 1. The van der Waals surface area contributed by atoms with E-state index in [-0.39, 0.29) is 22.9 Å². The highest BCUT2D eigenvalue weighted by Gasteiger charge is 2.36. The summed E-state index contributed by atoms with van der Waals surface area (Å²) < 4.78 is 5.78. The second kappa shape index (κ2) is 9.36. The summed E-state index contributed by atoms with van der Waals surface area (Å²) >= 11 is 4.00. The average molecular weight is 491 g/mol. The van der Waals surface area contributed by atoms with Gasteiger partial charge in [0.15, 0.2) is 11.5 Å². The summed E-state index contributed by atoms with van der Waals surface area (Å²) in [6.45, 7) is 3.66. The van der Waals surface area contributed by atoms with E-state index < -0.39 is 17.1 Å². The third-order valence-corrected chi connectivity index (χ3v) is 5.64. The second-order valence-electron chi connectivity index (χ2n) is 6.47. The first-order valence-corrected chi connectivity index (χ1v) is 10.7. The minimum atomic E-state index is -0.549. The van der Waals surface area contributed by atoms with Gasteiger partial charge in [0.1, 0.15) is 6.54 Å². The molecule has 0 atom stereocenters. The molecule has 1 fully saturated rings. The molecule has 2 N–H and O–H groups in total. The quantitative estimate of drug-likeness (QED) is 0.577. The molecule has 0 unspecified atom stereocenters. The first-order valence-electron chi connectivity index (χ1n) is 9.05. The van der Waals surface area contributed by atoms with Crippen LogP contribution in [0.3, 0.4) is 0 Å². The number of benzene rings is 2. The van der Waals surface area contributed by atoms with Crippen LogP contribution in [0.25, 0.3) is 6.08 Å². The normalized spacial score (nSPS) is 15.0. The Labute approximate surface area is 186 Å². The van der Waals surface area contributed by atoms with Crippen molar-refractivity contribution in [2.75, 3.05) is 18.5 Å². The fourth-order valence-corrected chi connectivity index (χ4v) is 4.10. The van der Waals surface area contributed by atoms with Gasteiger partial charge < -0.3 is 15.2 Å². The van der Waals surface area contributed by atoms with Crippen LogP contribution in [0.1, 0.15) is 18.1 Å². The van der Waals surface area contributed by atoms with Gasteiger partial charge in [0.2, 0.25) is 5.91 Å². The molecule has 3 rings (SSSR count). The average Bonchev–Trinajstić information content (AvgIpc) is 2.93. The van der Waals surface area contributed by atoms with Crippen molar-refractivity contribution in [2.24, 2.45) is 0 Å². The zero-order valence-electron chi connectivity index (χ0n) is 16.3. The van der Waals surface area contributed by atoms with Gasteiger partial charge in [-0.25, -0.2) is 0 Å². The molecule has 9 heteroatoms. The number of aryl methyl sites for hydroxylation is 1. The maximum Gasteiger partial charge on any atom is 0.294 e. The Kier molecular flexibility index (Phi) is 6.84. The Balaban J connectivity index is 1.75. The Morgan fingerprint density at radius 1 is 1.30 bits per heavy atom. The van der Waals surface area contributed by atoms with Crippen molar-refractivity contribution in [1.82, 2.24) is 4.90 Å². The molecular weight excluding hydrogens is 472 g/mol. The number of nitrogens with one attached hydrogen (secondary N) is 1. The number of ether oxygens (including phenoxy) is 1. The van der Waals surface area contributed by atoms with Gasteiger partial charge in [0.25, 0.3) is 11.1 Å². The summed E-state index contributed by atoms with van der Waals surface area (Å²) in [5, 5.41) is 12.2. The fraction of sp³-hybridized carbons (Fsp3) is 0.190. The summed E-state index contributed by atoms with van der Waals surface area (Å²) in [5.41, 5.74) is 2.14. The van der Waals surface area contributed by atoms with Crippen molar-refractivity contribution in [2.45, 2.75) is 13.8 Å². The Hall–Kier alpha value is -2.78. The van der Waals surface area contributed by atoms with Crippen LogP contribution >= 0.6 is 27.7 Å². The maximum absolute atomic E-state index is 12.7. The minimum absolute atomic E-state index is 0.0464. The molecule has 0 spiro atoms. The number of nitrogens with zero attached hydrogens (tertiary/aromatic N) is 1. The van der Waals surface area contributed by atoms with E-state index in [0.717, 1.165) is 22.2 Å². The van der Waals surface area contributed by atoms with E-state index in [1.165, 1.54) is 6.08 Å². The van der Waals surface area contributed by atoms with E-state index in [2.05, 4.69) is 21.2 Å². The molecule has 0 aromatic heterocycles. The number of anilines is 1. The van der Waals surface area contributed by atoms with Crippen LogP contribution in [0.5, 0.6) is 11.5 Å². The van der Waals surface area contributed by atoms with E-state index in [0.29, 0.717) is 22.3 Å². The Morgan fingerprint density at radius 2 is 2.07 bits per heavy atom. The standard InChI is InChI=1S/C21H19BrN2O5S/c1-3-29-16-9-13(8-15(22)19(16)26)10-17-20(27)24(21(28)30-17)11-18(25)23-14-6-4-5-12(2)7-14/h4-10,26H,3,11H2,1-2H3,(H,23,25)/b17-10+. The molecule has 30 heavy (non-hydrogen) atoms. The molecule has 156 valence electrons. The highest BCUT2D eigenvalue weighted by atomic mass is 79.9. The van der Waals surface area contributed by atoms with Crippen LogP contribution < -0.4 is 10.1 Å². The molecule has 1 aliphatic rings. The van der Waals surface area contributed by atoms with Crippen molar-refractivity contribution in [3.63, 3.8) is 0 Å². The predicted octanol–water partition coefficient (Wildman–Crippen LogP) is 4.54. The van der Waals surface area contributed by atoms with Crippen molar-refractivity contribution in [1.29, 1.82) is 0 Å². The van der Waals surface area contributed by atoms with Gasteiger partial charge in [-0.2, -0.15) is 0 Å². The lowest BCUT2D eigenvalue weighted by atomic mass is 10.2.